The van der Waals surface area contributed by atoms with Crippen LogP contribution in [0.4, 0.5) is 0 Å². The molecule has 2 N–H and O–H groups in total. The average molecular weight is 307 g/mol. The number of aliphatic hydroxyl groups is 1. The van der Waals surface area contributed by atoms with Gasteiger partial charge in [0.2, 0.25) is 0 Å². The first-order valence-corrected chi connectivity index (χ1v) is 6.46. The Morgan fingerprint density at radius 1 is 1.33 bits per heavy atom. The number of rotatable bonds is 4. The van der Waals surface area contributed by atoms with E-state index in [9.17, 15) is 4.79 Å². The quantitative estimate of drug-likeness (QED) is 0.910. The summed E-state index contributed by atoms with van der Waals surface area (Å²) in [4.78, 5) is 11.2. The third-order valence-corrected chi connectivity index (χ3v) is 4.33. The molecule has 0 unspecified atom stereocenters. The number of ether oxygens (including phenoxy) is 1. The number of hydrogen-bond acceptors (Lipinski definition) is 4. The first-order valence-electron chi connectivity index (χ1n) is 4.88. The van der Waals surface area contributed by atoms with Crippen molar-refractivity contribution < 1.29 is 19.7 Å². The molecule has 0 amide bonds. The van der Waals surface area contributed by atoms with Gasteiger partial charge in [0.15, 0.2) is 6.61 Å². The van der Waals surface area contributed by atoms with E-state index in [1.165, 1.54) is 11.3 Å². The van der Waals surface area contributed by atoms with Crippen molar-refractivity contribution >= 4 is 50.6 Å². The molecule has 96 valence electrons. The fraction of sp³-hybridized carbons (Fsp3) is 0.182. The van der Waals surface area contributed by atoms with Crippen molar-refractivity contribution in [2.45, 2.75) is 6.61 Å². The normalized spacial score (nSPS) is 10.8. The van der Waals surface area contributed by atoms with Gasteiger partial charge in [0, 0.05) is 4.88 Å². The van der Waals surface area contributed by atoms with Crippen molar-refractivity contribution in [1.82, 2.24) is 0 Å². The minimum absolute atomic E-state index is 0.0847. The first-order chi connectivity index (χ1) is 8.52. The van der Waals surface area contributed by atoms with Gasteiger partial charge >= 0.3 is 5.97 Å². The second kappa shape index (κ2) is 5.32. The van der Waals surface area contributed by atoms with Gasteiger partial charge in [-0.25, -0.2) is 4.79 Å². The zero-order chi connectivity index (χ0) is 13.3. The Morgan fingerprint density at radius 2 is 2.06 bits per heavy atom. The number of fused-ring (bicyclic) bond motifs is 1. The van der Waals surface area contributed by atoms with Gasteiger partial charge in [-0.15, -0.1) is 11.3 Å². The number of thiophene rings is 1. The number of halogens is 2. The number of aliphatic carboxylic acids is 1. The fourth-order valence-electron chi connectivity index (χ4n) is 1.47. The predicted octanol–water partition coefficient (Wildman–Crippen LogP) is 3.16. The molecule has 0 radical (unpaired) electrons. The lowest BCUT2D eigenvalue weighted by Crippen LogP contribution is -2.09. The van der Waals surface area contributed by atoms with E-state index in [1.807, 2.05) is 0 Å². The zero-order valence-corrected chi connectivity index (χ0v) is 11.3. The molecule has 1 aromatic heterocycles. The topological polar surface area (TPSA) is 66.8 Å². The Morgan fingerprint density at radius 3 is 2.67 bits per heavy atom. The van der Waals surface area contributed by atoms with Crippen LogP contribution in [0.3, 0.4) is 0 Å². The van der Waals surface area contributed by atoms with Crippen LogP contribution in [0, 0.1) is 0 Å². The van der Waals surface area contributed by atoms with Crippen LogP contribution in [0.5, 0.6) is 5.75 Å². The molecule has 0 spiro atoms. The molecule has 0 saturated carbocycles. The van der Waals surface area contributed by atoms with Crippen molar-refractivity contribution in [1.29, 1.82) is 0 Å². The minimum Gasteiger partial charge on any atom is -0.480 e. The fourth-order valence-corrected chi connectivity index (χ4v) is 2.99. The van der Waals surface area contributed by atoms with Crippen LogP contribution in [0.2, 0.25) is 10.0 Å². The van der Waals surface area contributed by atoms with Gasteiger partial charge < -0.3 is 14.9 Å². The molecule has 0 aliphatic rings. The Hall–Kier alpha value is -1.01. The van der Waals surface area contributed by atoms with Crippen LogP contribution < -0.4 is 4.74 Å². The highest BCUT2D eigenvalue weighted by atomic mass is 35.5. The van der Waals surface area contributed by atoms with Gasteiger partial charge in [-0.2, -0.15) is 0 Å². The van der Waals surface area contributed by atoms with Crippen LogP contribution in [-0.2, 0) is 11.4 Å². The van der Waals surface area contributed by atoms with Crippen LogP contribution in [0.1, 0.15) is 4.88 Å². The highest BCUT2D eigenvalue weighted by molar-refractivity contribution is 7.19. The lowest BCUT2D eigenvalue weighted by Gasteiger charge is -2.07. The van der Waals surface area contributed by atoms with Crippen LogP contribution in [0.15, 0.2) is 12.1 Å². The van der Waals surface area contributed by atoms with E-state index in [4.69, 9.17) is 38.2 Å². The van der Waals surface area contributed by atoms with Crippen LogP contribution in [-0.4, -0.2) is 22.8 Å². The van der Waals surface area contributed by atoms with Gasteiger partial charge in [0.05, 0.1) is 16.3 Å². The average Bonchev–Trinajstić information content (AvgIpc) is 2.75. The highest BCUT2D eigenvalue weighted by Gasteiger charge is 2.15. The maximum atomic E-state index is 10.5. The second-order valence-electron chi connectivity index (χ2n) is 3.47. The number of carbonyl (C=O) groups is 1. The van der Waals surface area contributed by atoms with Crippen LogP contribution in [0.25, 0.3) is 10.1 Å². The molecule has 0 bridgehead atoms. The lowest BCUT2D eigenvalue weighted by atomic mass is 10.2. The summed E-state index contributed by atoms with van der Waals surface area (Å²) in [5.41, 5.74) is 0. The number of carboxylic acids is 1. The third-order valence-electron chi connectivity index (χ3n) is 2.21. The van der Waals surface area contributed by atoms with E-state index >= 15 is 0 Å². The second-order valence-corrected chi connectivity index (χ2v) is 5.37. The molecule has 0 aliphatic heterocycles. The van der Waals surface area contributed by atoms with Gasteiger partial charge in [-0.1, -0.05) is 23.2 Å². The maximum absolute atomic E-state index is 10.5. The Bertz CT molecular complexity index is 609. The van der Waals surface area contributed by atoms with Crippen molar-refractivity contribution in [2.24, 2.45) is 0 Å². The van der Waals surface area contributed by atoms with Gasteiger partial charge in [-0.3, -0.25) is 0 Å². The summed E-state index contributed by atoms with van der Waals surface area (Å²) in [7, 11) is 0. The molecule has 7 heteroatoms. The van der Waals surface area contributed by atoms with Crippen molar-refractivity contribution in [3.8, 4) is 5.75 Å². The van der Waals surface area contributed by atoms with E-state index in [1.54, 1.807) is 12.1 Å². The number of hydrogen-bond donors (Lipinski definition) is 2. The molecule has 2 aromatic rings. The van der Waals surface area contributed by atoms with Gasteiger partial charge in [0.25, 0.3) is 0 Å². The minimum atomic E-state index is -1.09. The summed E-state index contributed by atoms with van der Waals surface area (Å²) in [6.07, 6.45) is 0. The molecular formula is C11H8Cl2O4S. The first kappa shape index (κ1) is 13.4. The van der Waals surface area contributed by atoms with Gasteiger partial charge in [-0.05, 0) is 17.5 Å². The number of aliphatic hydroxyl groups excluding tert-OH is 1. The molecule has 1 aromatic carbocycles. The Labute approximate surface area is 116 Å². The SMILES string of the molecule is O=C(O)COc1cc2cc(CO)sc2c(Cl)c1Cl. The molecule has 0 atom stereocenters. The van der Waals surface area contributed by atoms with E-state index in [2.05, 4.69) is 0 Å². The lowest BCUT2D eigenvalue weighted by molar-refractivity contribution is -0.139. The summed E-state index contributed by atoms with van der Waals surface area (Å²) in [5, 5.41) is 18.9. The molecule has 18 heavy (non-hydrogen) atoms. The van der Waals surface area contributed by atoms with Gasteiger partial charge in [0.1, 0.15) is 10.8 Å². The molecule has 0 saturated heterocycles. The smallest absolute Gasteiger partial charge is 0.341 e. The molecule has 2 rings (SSSR count). The standard InChI is InChI=1S/C11H8Cl2O4S/c12-9-7(17-4-8(15)16)2-5-1-6(3-14)18-11(5)10(9)13/h1-2,14H,3-4H2,(H,15,16). The van der Waals surface area contributed by atoms with E-state index in [-0.39, 0.29) is 17.4 Å². The third kappa shape index (κ3) is 2.54. The summed E-state index contributed by atoms with van der Waals surface area (Å²) in [6, 6.07) is 3.37. The Balaban J connectivity index is 2.48. The predicted molar refractivity (Wildman–Crippen MR) is 70.9 cm³/mol. The largest absolute Gasteiger partial charge is 0.480 e. The number of benzene rings is 1. The Kier molecular flexibility index (Phi) is 3.97. The summed E-state index contributed by atoms with van der Waals surface area (Å²) < 4.78 is 5.80. The monoisotopic (exact) mass is 306 g/mol. The van der Waals surface area contributed by atoms with Crippen LogP contribution >= 0.6 is 34.5 Å². The van der Waals surface area contributed by atoms with Crippen molar-refractivity contribution in [3.63, 3.8) is 0 Å². The van der Waals surface area contributed by atoms with E-state index < -0.39 is 12.6 Å². The molecule has 4 nitrogen and oxygen atoms in total. The summed E-state index contributed by atoms with van der Waals surface area (Å²) in [6.45, 7) is -0.572. The van der Waals surface area contributed by atoms with E-state index in [0.717, 1.165) is 15.0 Å². The molecule has 1 heterocycles. The zero-order valence-electron chi connectivity index (χ0n) is 8.94. The highest BCUT2D eigenvalue weighted by Crippen LogP contribution is 2.42. The van der Waals surface area contributed by atoms with Crippen molar-refractivity contribution in [3.05, 3.63) is 27.1 Å². The molecular weight excluding hydrogens is 299 g/mol. The van der Waals surface area contributed by atoms with E-state index in [0.29, 0.717) is 5.02 Å². The molecule has 0 fully saturated rings. The maximum Gasteiger partial charge on any atom is 0.341 e. The van der Waals surface area contributed by atoms with Crippen molar-refractivity contribution in [2.75, 3.05) is 6.61 Å². The summed E-state index contributed by atoms with van der Waals surface area (Å²) >= 11 is 13.4. The number of carboxylic acid groups (broad SMARTS) is 1. The summed E-state index contributed by atoms with van der Waals surface area (Å²) in [5.74, 6) is -0.873. The molecule has 0 aliphatic carbocycles.